The Labute approximate surface area is 137 Å². The average molecular weight is 331 g/mol. The van der Waals surface area contributed by atoms with E-state index in [1.807, 2.05) is 12.3 Å². The second kappa shape index (κ2) is 6.00. The number of hydrogen-bond acceptors (Lipinski definition) is 5. The number of hydrogen-bond donors (Lipinski definition) is 2. The van der Waals surface area contributed by atoms with Crippen molar-refractivity contribution in [1.29, 1.82) is 0 Å². The molecule has 0 bridgehead atoms. The second-order valence-corrected chi connectivity index (χ2v) is 6.54. The van der Waals surface area contributed by atoms with Crippen molar-refractivity contribution < 1.29 is 14.3 Å². The van der Waals surface area contributed by atoms with Crippen LogP contribution < -0.4 is 16.2 Å². The van der Waals surface area contributed by atoms with Crippen LogP contribution in [0.2, 0.25) is 0 Å². The third-order valence-electron chi connectivity index (χ3n) is 3.84. The van der Waals surface area contributed by atoms with Crippen LogP contribution in [-0.4, -0.2) is 22.9 Å². The minimum Gasteiger partial charge on any atom is -0.490 e. The van der Waals surface area contributed by atoms with Gasteiger partial charge in [0, 0.05) is 34.2 Å². The highest BCUT2D eigenvalue weighted by Crippen LogP contribution is 2.33. The predicted molar refractivity (Wildman–Crippen MR) is 86.8 cm³/mol. The number of aryl methyl sites for hydroxylation is 1. The fraction of sp³-hybridized carbons (Fsp3) is 0.312. The molecule has 0 radical (unpaired) electrons. The number of aromatic nitrogens is 1. The quantitative estimate of drug-likeness (QED) is 0.886. The highest BCUT2D eigenvalue weighted by Gasteiger charge is 2.26. The minimum absolute atomic E-state index is 0.0445. The smallest absolute Gasteiger partial charge is 0.249 e. The normalized spacial score (nSPS) is 16.5. The highest BCUT2D eigenvalue weighted by atomic mass is 32.1. The molecule has 1 aromatic carbocycles. The summed E-state index contributed by atoms with van der Waals surface area (Å²) in [6.07, 6.45) is 2.09. The standard InChI is InChI=1S/C16H17N3O3S/c1-8-7-23-14(19-8)6-10-2-3-11-12(16(18)21)4-9(15(17)20)5-13(11)22-10/h4-5,7,10H,2-3,6H2,1H3,(H2,17,20)(H2,18,21). The summed E-state index contributed by atoms with van der Waals surface area (Å²) in [7, 11) is 0. The summed E-state index contributed by atoms with van der Waals surface area (Å²) in [5, 5.41) is 3.01. The van der Waals surface area contributed by atoms with Crippen molar-refractivity contribution in [2.24, 2.45) is 11.5 Å². The number of amides is 2. The van der Waals surface area contributed by atoms with Gasteiger partial charge in [0.25, 0.3) is 0 Å². The van der Waals surface area contributed by atoms with Crippen molar-refractivity contribution in [3.8, 4) is 5.75 Å². The average Bonchev–Trinajstić information content (AvgIpc) is 2.90. The van der Waals surface area contributed by atoms with Crippen molar-refractivity contribution in [2.45, 2.75) is 32.3 Å². The molecular weight excluding hydrogens is 314 g/mol. The molecule has 23 heavy (non-hydrogen) atoms. The van der Waals surface area contributed by atoms with Crippen LogP contribution in [0.15, 0.2) is 17.5 Å². The Kier molecular flexibility index (Phi) is 4.04. The lowest BCUT2D eigenvalue weighted by Gasteiger charge is -2.27. The molecule has 6 nitrogen and oxygen atoms in total. The van der Waals surface area contributed by atoms with Gasteiger partial charge in [0.05, 0.1) is 5.01 Å². The number of fused-ring (bicyclic) bond motifs is 1. The van der Waals surface area contributed by atoms with Crippen LogP contribution in [0.5, 0.6) is 5.75 Å². The fourth-order valence-corrected chi connectivity index (χ4v) is 3.59. The van der Waals surface area contributed by atoms with E-state index >= 15 is 0 Å². The van der Waals surface area contributed by atoms with E-state index in [0.29, 0.717) is 24.2 Å². The molecule has 1 aliphatic rings. The molecule has 0 spiro atoms. The SMILES string of the molecule is Cc1csc(CC2CCc3c(cc(C(N)=O)cc3C(N)=O)O2)n1. The third kappa shape index (κ3) is 3.19. The molecule has 1 aromatic heterocycles. The Morgan fingerprint density at radius 2 is 2.13 bits per heavy atom. The van der Waals surface area contributed by atoms with Gasteiger partial charge in [-0.1, -0.05) is 0 Å². The Morgan fingerprint density at radius 1 is 1.35 bits per heavy atom. The largest absolute Gasteiger partial charge is 0.490 e. The highest BCUT2D eigenvalue weighted by molar-refractivity contribution is 7.09. The van der Waals surface area contributed by atoms with Gasteiger partial charge in [0.1, 0.15) is 11.9 Å². The molecule has 1 aliphatic heterocycles. The Hall–Kier alpha value is -2.41. The van der Waals surface area contributed by atoms with Crippen LogP contribution in [0.1, 0.15) is 43.4 Å². The van der Waals surface area contributed by atoms with E-state index in [9.17, 15) is 9.59 Å². The number of thiazole rings is 1. The molecule has 0 aliphatic carbocycles. The van der Waals surface area contributed by atoms with E-state index in [4.69, 9.17) is 16.2 Å². The number of carbonyl (C=O) groups is 2. The number of nitrogens with zero attached hydrogens (tertiary/aromatic N) is 1. The van der Waals surface area contributed by atoms with E-state index in [2.05, 4.69) is 4.98 Å². The fourth-order valence-electron chi connectivity index (χ4n) is 2.75. The summed E-state index contributed by atoms with van der Waals surface area (Å²) in [6, 6.07) is 3.03. The summed E-state index contributed by atoms with van der Waals surface area (Å²) < 4.78 is 5.98. The lowest BCUT2D eigenvalue weighted by atomic mass is 9.93. The summed E-state index contributed by atoms with van der Waals surface area (Å²) in [4.78, 5) is 27.5. The van der Waals surface area contributed by atoms with Gasteiger partial charge in [0.2, 0.25) is 11.8 Å². The number of rotatable bonds is 4. The number of benzene rings is 1. The molecule has 3 rings (SSSR count). The molecule has 1 atom stereocenters. The summed E-state index contributed by atoms with van der Waals surface area (Å²) in [5.41, 5.74) is 13.0. The first-order valence-corrected chi connectivity index (χ1v) is 8.16. The third-order valence-corrected chi connectivity index (χ3v) is 4.83. The van der Waals surface area contributed by atoms with Gasteiger partial charge in [-0.3, -0.25) is 9.59 Å². The molecule has 120 valence electrons. The van der Waals surface area contributed by atoms with Gasteiger partial charge in [-0.15, -0.1) is 11.3 Å². The molecular formula is C16H17N3O3S. The monoisotopic (exact) mass is 331 g/mol. The van der Waals surface area contributed by atoms with Gasteiger partial charge in [-0.2, -0.15) is 0 Å². The molecule has 4 N–H and O–H groups in total. The van der Waals surface area contributed by atoms with E-state index in [1.165, 1.54) is 6.07 Å². The van der Waals surface area contributed by atoms with E-state index < -0.39 is 11.8 Å². The Balaban J connectivity index is 1.89. The number of ether oxygens (including phenoxy) is 1. The van der Waals surface area contributed by atoms with Crippen molar-refractivity contribution in [3.63, 3.8) is 0 Å². The zero-order valence-electron chi connectivity index (χ0n) is 12.7. The zero-order valence-corrected chi connectivity index (χ0v) is 13.5. The molecule has 0 fully saturated rings. The first-order valence-electron chi connectivity index (χ1n) is 7.28. The van der Waals surface area contributed by atoms with Crippen molar-refractivity contribution >= 4 is 23.2 Å². The van der Waals surface area contributed by atoms with E-state index in [0.717, 1.165) is 22.7 Å². The van der Waals surface area contributed by atoms with Crippen LogP contribution in [0.25, 0.3) is 0 Å². The maximum Gasteiger partial charge on any atom is 0.249 e. The van der Waals surface area contributed by atoms with Gasteiger partial charge in [0.15, 0.2) is 0 Å². The van der Waals surface area contributed by atoms with Crippen LogP contribution in [0.4, 0.5) is 0 Å². The molecule has 0 saturated carbocycles. The van der Waals surface area contributed by atoms with Crippen LogP contribution in [0.3, 0.4) is 0 Å². The maximum absolute atomic E-state index is 11.6. The molecule has 2 heterocycles. The maximum atomic E-state index is 11.6. The second-order valence-electron chi connectivity index (χ2n) is 5.59. The predicted octanol–water partition coefficient (Wildman–Crippen LogP) is 1.59. The van der Waals surface area contributed by atoms with Gasteiger partial charge in [-0.05, 0) is 31.9 Å². The van der Waals surface area contributed by atoms with Gasteiger partial charge >= 0.3 is 0 Å². The summed E-state index contributed by atoms with van der Waals surface area (Å²) >= 11 is 1.60. The Morgan fingerprint density at radius 3 is 2.74 bits per heavy atom. The van der Waals surface area contributed by atoms with Crippen LogP contribution >= 0.6 is 11.3 Å². The summed E-state index contributed by atoms with van der Waals surface area (Å²) in [6.45, 7) is 1.95. The van der Waals surface area contributed by atoms with E-state index in [1.54, 1.807) is 17.4 Å². The molecule has 2 aromatic rings. The lowest BCUT2D eigenvalue weighted by Crippen LogP contribution is -2.28. The first kappa shape index (κ1) is 15.5. The van der Waals surface area contributed by atoms with Gasteiger partial charge in [-0.25, -0.2) is 4.98 Å². The van der Waals surface area contributed by atoms with Gasteiger partial charge < -0.3 is 16.2 Å². The summed E-state index contributed by atoms with van der Waals surface area (Å²) in [5.74, 6) is -0.682. The van der Waals surface area contributed by atoms with Crippen LogP contribution in [0, 0.1) is 6.92 Å². The topological polar surface area (TPSA) is 108 Å². The zero-order chi connectivity index (χ0) is 16.6. The first-order chi connectivity index (χ1) is 10.9. The lowest BCUT2D eigenvalue weighted by molar-refractivity contribution is 0.0995. The molecule has 0 saturated heterocycles. The number of carbonyl (C=O) groups excluding carboxylic acids is 2. The minimum atomic E-state index is -0.614. The van der Waals surface area contributed by atoms with Crippen LogP contribution in [-0.2, 0) is 12.8 Å². The van der Waals surface area contributed by atoms with Crippen molar-refractivity contribution in [3.05, 3.63) is 44.9 Å². The molecule has 2 amide bonds. The van der Waals surface area contributed by atoms with E-state index in [-0.39, 0.29) is 11.7 Å². The molecule has 7 heteroatoms. The number of nitrogens with two attached hydrogens (primary N) is 2. The Bertz CT molecular complexity index is 785. The van der Waals surface area contributed by atoms with Crippen molar-refractivity contribution in [2.75, 3.05) is 0 Å². The molecule has 1 unspecified atom stereocenters. The number of primary amides is 2. The van der Waals surface area contributed by atoms with Crippen molar-refractivity contribution in [1.82, 2.24) is 4.98 Å².